The van der Waals surface area contributed by atoms with E-state index in [1.807, 2.05) is 25.9 Å². The summed E-state index contributed by atoms with van der Waals surface area (Å²) in [6, 6.07) is 0. The van der Waals surface area contributed by atoms with Crippen molar-refractivity contribution in [1.82, 2.24) is 30.0 Å². The average molecular weight is 311 g/mol. The fourth-order valence-corrected chi connectivity index (χ4v) is 2.43. The molecule has 0 saturated carbocycles. The molecule has 0 aromatic carbocycles. The Bertz CT molecular complexity index is 655. The van der Waals surface area contributed by atoms with E-state index in [0.717, 1.165) is 5.39 Å². The lowest BCUT2D eigenvalue weighted by Crippen LogP contribution is -2.34. The quantitative estimate of drug-likeness (QED) is 0.828. The minimum Gasteiger partial charge on any atom is -0.359 e. The minimum atomic E-state index is -0.101. The molecule has 0 aliphatic rings. The summed E-state index contributed by atoms with van der Waals surface area (Å²) in [7, 11) is 5.37. The normalized spacial score (nSPS) is 12.9. The van der Waals surface area contributed by atoms with Crippen LogP contribution in [0.15, 0.2) is 6.20 Å². The number of carbonyl (C=O) groups is 1. The Hall–Kier alpha value is -1.73. The van der Waals surface area contributed by atoms with Gasteiger partial charge in [0.05, 0.1) is 18.1 Å². The Kier molecular flexibility index (Phi) is 4.74. The minimum absolute atomic E-state index is 0.0166. The van der Waals surface area contributed by atoms with Gasteiger partial charge in [0.1, 0.15) is 11.0 Å². The van der Waals surface area contributed by atoms with Crippen molar-refractivity contribution in [2.24, 2.45) is 13.0 Å². The highest BCUT2D eigenvalue weighted by molar-refractivity contribution is 6.33. The van der Waals surface area contributed by atoms with Gasteiger partial charge < -0.3 is 5.32 Å². The van der Waals surface area contributed by atoms with Gasteiger partial charge in [0.15, 0.2) is 5.65 Å². The van der Waals surface area contributed by atoms with E-state index >= 15 is 0 Å². The van der Waals surface area contributed by atoms with Gasteiger partial charge in [0.25, 0.3) is 0 Å². The standard InChI is InChI=1S/C13H19ClN6O/c1-8(13(21)15-2)6-19(3)7-10-17-11(14)9-5-16-20(4)12(9)18-10/h5,8H,6-7H2,1-4H3,(H,15,21). The number of hydrogen-bond donors (Lipinski definition) is 1. The molecule has 0 spiro atoms. The zero-order valence-corrected chi connectivity index (χ0v) is 13.3. The van der Waals surface area contributed by atoms with Gasteiger partial charge in [-0.2, -0.15) is 5.10 Å². The van der Waals surface area contributed by atoms with E-state index in [1.54, 1.807) is 17.9 Å². The topological polar surface area (TPSA) is 75.9 Å². The highest BCUT2D eigenvalue weighted by atomic mass is 35.5. The van der Waals surface area contributed by atoms with Crippen LogP contribution >= 0.6 is 11.6 Å². The first-order valence-electron chi connectivity index (χ1n) is 6.66. The summed E-state index contributed by atoms with van der Waals surface area (Å²) in [4.78, 5) is 22.3. The van der Waals surface area contributed by atoms with Crippen molar-refractivity contribution in [2.45, 2.75) is 13.5 Å². The molecule has 114 valence electrons. The van der Waals surface area contributed by atoms with Crippen LogP contribution in [0.3, 0.4) is 0 Å². The molecule has 1 atom stereocenters. The predicted octanol–water partition coefficient (Wildman–Crippen LogP) is 0.831. The Morgan fingerprint density at radius 1 is 1.52 bits per heavy atom. The molecule has 0 saturated heterocycles. The second kappa shape index (κ2) is 6.36. The van der Waals surface area contributed by atoms with Gasteiger partial charge in [0.2, 0.25) is 5.91 Å². The first kappa shape index (κ1) is 15.7. The summed E-state index contributed by atoms with van der Waals surface area (Å²) in [6.07, 6.45) is 1.65. The van der Waals surface area contributed by atoms with Gasteiger partial charge in [-0.1, -0.05) is 18.5 Å². The molecule has 0 aliphatic carbocycles. The lowest BCUT2D eigenvalue weighted by atomic mass is 10.1. The molecule has 0 fully saturated rings. The van der Waals surface area contributed by atoms with E-state index in [4.69, 9.17) is 11.6 Å². The van der Waals surface area contributed by atoms with Crippen LogP contribution in [0.5, 0.6) is 0 Å². The van der Waals surface area contributed by atoms with E-state index in [1.165, 1.54) is 0 Å². The number of carbonyl (C=O) groups excluding carboxylic acids is 1. The van der Waals surface area contributed by atoms with Crippen LogP contribution in [0.2, 0.25) is 5.15 Å². The third-order valence-corrected chi connectivity index (χ3v) is 3.57. The van der Waals surface area contributed by atoms with Crippen LogP contribution in [0.4, 0.5) is 0 Å². The van der Waals surface area contributed by atoms with Gasteiger partial charge in [-0.3, -0.25) is 14.4 Å². The number of aryl methyl sites for hydroxylation is 1. The summed E-state index contributed by atoms with van der Waals surface area (Å²) in [5.74, 6) is 0.529. The van der Waals surface area contributed by atoms with Crippen molar-refractivity contribution in [3.63, 3.8) is 0 Å². The second-order valence-electron chi connectivity index (χ2n) is 5.15. The van der Waals surface area contributed by atoms with Crippen LogP contribution in [0.1, 0.15) is 12.7 Å². The van der Waals surface area contributed by atoms with Crippen molar-refractivity contribution < 1.29 is 4.79 Å². The zero-order chi connectivity index (χ0) is 15.6. The van der Waals surface area contributed by atoms with Gasteiger partial charge in [0, 0.05) is 26.6 Å². The summed E-state index contributed by atoms with van der Waals surface area (Å²) >= 11 is 6.15. The fraction of sp³-hybridized carbons (Fsp3) is 0.538. The summed E-state index contributed by atoms with van der Waals surface area (Å²) < 4.78 is 1.67. The van der Waals surface area contributed by atoms with Crippen molar-refractivity contribution in [2.75, 3.05) is 20.6 Å². The van der Waals surface area contributed by atoms with Gasteiger partial charge in [-0.15, -0.1) is 0 Å². The molecule has 1 amide bonds. The molecule has 0 bridgehead atoms. The van der Waals surface area contributed by atoms with Gasteiger partial charge in [-0.05, 0) is 7.05 Å². The highest BCUT2D eigenvalue weighted by Gasteiger charge is 2.16. The molecule has 2 aromatic rings. The van der Waals surface area contributed by atoms with Crippen LogP contribution in [-0.4, -0.2) is 51.2 Å². The van der Waals surface area contributed by atoms with E-state index in [9.17, 15) is 4.79 Å². The smallest absolute Gasteiger partial charge is 0.223 e. The molecule has 2 aromatic heterocycles. The number of amides is 1. The lowest BCUT2D eigenvalue weighted by molar-refractivity contribution is -0.124. The monoisotopic (exact) mass is 310 g/mol. The Labute approximate surface area is 128 Å². The molecule has 0 aliphatic heterocycles. The Morgan fingerprint density at radius 3 is 2.90 bits per heavy atom. The van der Waals surface area contributed by atoms with Gasteiger partial charge >= 0.3 is 0 Å². The number of nitrogens with zero attached hydrogens (tertiary/aromatic N) is 5. The van der Waals surface area contributed by atoms with Crippen LogP contribution in [0, 0.1) is 5.92 Å². The Balaban J connectivity index is 2.12. The summed E-state index contributed by atoms with van der Waals surface area (Å²) in [5, 5.41) is 7.90. The molecule has 2 heterocycles. The summed E-state index contributed by atoms with van der Waals surface area (Å²) in [5.41, 5.74) is 0.706. The zero-order valence-electron chi connectivity index (χ0n) is 12.6. The molecule has 1 unspecified atom stereocenters. The molecule has 2 rings (SSSR count). The van der Waals surface area contributed by atoms with Crippen molar-refractivity contribution in [3.05, 3.63) is 17.2 Å². The number of halogens is 1. The maximum atomic E-state index is 11.5. The first-order valence-corrected chi connectivity index (χ1v) is 7.04. The molecule has 0 radical (unpaired) electrons. The van der Waals surface area contributed by atoms with Crippen molar-refractivity contribution in [1.29, 1.82) is 0 Å². The second-order valence-corrected chi connectivity index (χ2v) is 5.51. The predicted molar refractivity (Wildman–Crippen MR) is 80.9 cm³/mol. The molecular formula is C13H19ClN6O. The van der Waals surface area contributed by atoms with Crippen molar-refractivity contribution >= 4 is 28.5 Å². The van der Waals surface area contributed by atoms with E-state index in [-0.39, 0.29) is 11.8 Å². The number of fused-ring (bicyclic) bond motifs is 1. The molecule has 8 heteroatoms. The first-order chi connectivity index (χ1) is 9.92. The van der Waals surface area contributed by atoms with Crippen LogP contribution in [0.25, 0.3) is 11.0 Å². The molecular weight excluding hydrogens is 292 g/mol. The largest absolute Gasteiger partial charge is 0.359 e. The highest BCUT2D eigenvalue weighted by Crippen LogP contribution is 2.19. The number of hydrogen-bond acceptors (Lipinski definition) is 5. The molecule has 21 heavy (non-hydrogen) atoms. The molecule has 7 nitrogen and oxygen atoms in total. The SMILES string of the molecule is CNC(=O)C(C)CN(C)Cc1nc(Cl)c2cnn(C)c2n1. The number of nitrogens with one attached hydrogen (secondary N) is 1. The van der Waals surface area contributed by atoms with E-state index in [2.05, 4.69) is 20.4 Å². The number of rotatable bonds is 5. The number of aromatic nitrogens is 4. The third-order valence-electron chi connectivity index (χ3n) is 3.28. The van der Waals surface area contributed by atoms with Crippen LogP contribution in [-0.2, 0) is 18.4 Å². The maximum Gasteiger partial charge on any atom is 0.223 e. The Morgan fingerprint density at radius 2 is 2.24 bits per heavy atom. The fourth-order valence-electron chi connectivity index (χ4n) is 2.20. The maximum absolute atomic E-state index is 11.5. The van der Waals surface area contributed by atoms with E-state index in [0.29, 0.717) is 29.7 Å². The lowest BCUT2D eigenvalue weighted by Gasteiger charge is -2.19. The van der Waals surface area contributed by atoms with E-state index < -0.39 is 0 Å². The van der Waals surface area contributed by atoms with Gasteiger partial charge in [-0.25, -0.2) is 9.97 Å². The summed E-state index contributed by atoms with van der Waals surface area (Å²) in [6.45, 7) is 3.01. The van der Waals surface area contributed by atoms with Crippen molar-refractivity contribution in [3.8, 4) is 0 Å². The third kappa shape index (κ3) is 3.48. The molecule has 1 N–H and O–H groups in total. The average Bonchev–Trinajstić information content (AvgIpc) is 2.80. The van der Waals surface area contributed by atoms with Crippen LogP contribution < -0.4 is 5.32 Å².